The molecule has 170 valence electrons. The van der Waals surface area contributed by atoms with Crippen molar-refractivity contribution in [1.82, 2.24) is 0 Å². The first kappa shape index (κ1) is 22.3. The molecule has 9 heteroatoms. The summed E-state index contributed by atoms with van der Waals surface area (Å²) in [6, 6.07) is 15.8. The van der Waals surface area contributed by atoms with E-state index in [0.717, 1.165) is 0 Å². The predicted octanol–water partition coefficient (Wildman–Crippen LogP) is 6.88. The number of carbonyl (C=O) groups excluding carboxylic acids is 2. The van der Waals surface area contributed by atoms with E-state index in [1.807, 2.05) is 0 Å². The maximum Gasteiger partial charge on any atom is 0.294 e. The average molecular weight is 515 g/mol. The van der Waals surface area contributed by atoms with E-state index in [4.69, 9.17) is 39.2 Å². The van der Waals surface area contributed by atoms with E-state index in [0.29, 0.717) is 21.6 Å². The van der Waals surface area contributed by atoms with E-state index in [2.05, 4.69) is 0 Å². The van der Waals surface area contributed by atoms with Crippen LogP contribution in [0.25, 0.3) is 11.0 Å². The number of aromatic hydroxyl groups is 1. The van der Waals surface area contributed by atoms with Crippen molar-refractivity contribution in [3.8, 4) is 5.75 Å². The predicted molar refractivity (Wildman–Crippen MR) is 130 cm³/mol. The van der Waals surface area contributed by atoms with Gasteiger partial charge in [-0.15, -0.1) is 0 Å². The molecule has 0 aliphatic carbocycles. The van der Waals surface area contributed by atoms with Crippen LogP contribution in [0.15, 0.2) is 82.5 Å². The number of hydrogen-bond donors (Lipinski definition) is 2. The third-order valence-electron chi connectivity index (χ3n) is 5.47. The van der Waals surface area contributed by atoms with E-state index in [1.54, 1.807) is 30.3 Å². The molecule has 34 heavy (non-hydrogen) atoms. The lowest BCUT2D eigenvalue weighted by atomic mass is 9.94. The molecule has 1 aliphatic heterocycles. The number of furan rings is 1. The van der Waals surface area contributed by atoms with Gasteiger partial charge in [-0.05, 0) is 60.2 Å². The summed E-state index contributed by atoms with van der Waals surface area (Å²) >= 11 is 18.3. The number of anilines is 1. The number of phenols is 1. The van der Waals surface area contributed by atoms with Crippen LogP contribution in [0, 0.1) is 0 Å². The molecule has 1 aliphatic rings. The number of nitrogens with zero attached hydrogens (tertiary/aromatic N) is 1. The Hall–Kier alpha value is -3.45. The number of carbonyl (C=O) groups is 2. The van der Waals surface area contributed by atoms with E-state index in [-0.39, 0.29) is 32.8 Å². The van der Waals surface area contributed by atoms with Gasteiger partial charge in [-0.1, -0.05) is 46.9 Å². The monoisotopic (exact) mass is 513 g/mol. The lowest BCUT2D eigenvalue weighted by molar-refractivity contribution is -0.117. The van der Waals surface area contributed by atoms with Gasteiger partial charge in [0.2, 0.25) is 5.78 Å². The molecule has 5 rings (SSSR count). The lowest BCUT2D eigenvalue weighted by Crippen LogP contribution is -2.31. The maximum atomic E-state index is 13.6. The molecule has 0 radical (unpaired) electrons. The van der Waals surface area contributed by atoms with Gasteiger partial charge in [0.1, 0.15) is 11.3 Å². The van der Waals surface area contributed by atoms with E-state index in [9.17, 15) is 19.8 Å². The van der Waals surface area contributed by atoms with Crippen LogP contribution in [-0.4, -0.2) is 21.9 Å². The Labute approximate surface area is 208 Å². The minimum atomic E-state index is -1.08. The number of rotatable bonds is 4. The van der Waals surface area contributed by atoms with Crippen molar-refractivity contribution >= 4 is 63.1 Å². The highest BCUT2D eigenvalue weighted by Gasteiger charge is 2.45. The average Bonchev–Trinajstić information content (AvgIpc) is 3.31. The molecule has 0 saturated carbocycles. The second-order valence-electron chi connectivity index (χ2n) is 7.68. The normalized spacial score (nSPS) is 16.0. The molecule has 1 atom stereocenters. The van der Waals surface area contributed by atoms with Gasteiger partial charge in [0.25, 0.3) is 5.91 Å². The van der Waals surface area contributed by atoms with Crippen LogP contribution in [0.1, 0.15) is 22.2 Å². The number of halogens is 3. The van der Waals surface area contributed by atoms with E-state index >= 15 is 0 Å². The number of amides is 1. The Morgan fingerprint density at radius 1 is 0.882 bits per heavy atom. The highest BCUT2D eigenvalue weighted by molar-refractivity contribution is 6.35. The van der Waals surface area contributed by atoms with Crippen LogP contribution in [0.5, 0.6) is 5.75 Å². The van der Waals surface area contributed by atoms with Gasteiger partial charge in [0.05, 0.1) is 11.6 Å². The highest BCUT2D eigenvalue weighted by atomic mass is 35.5. The smallest absolute Gasteiger partial charge is 0.294 e. The molecule has 0 fully saturated rings. The summed E-state index contributed by atoms with van der Waals surface area (Å²) in [4.78, 5) is 28.0. The second kappa shape index (κ2) is 8.40. The number of aliphatic hydroxyl groups excluding tert-OH is 1. The zero-order valence-corrected chi connectivity index (χ0v) is 19.4. The van der Waals surface area contributed by atoms with E-state index < -0.39 is 23.5 Å². The minimum absolute atomic E-state index is 0.0782. The molecule has 3 aromatic carbocycles. The second-order valence-corrected chi connectivity index (χ2v) is 8.99. The molecule has 2 heterocycles. The van der Waals surface area contributed by atoms with Crippen molar-refractivity contribution < 1.29 is 24.2 Å². The van der Waals surface area contributed by atoms with E-state index in [1.165, 1.54) is 41.3 Å². The quantitative estimate of drug-likeness (QED) is 0.290. The third-order valence-corrected chi connectivity index (χ3v) is 6.14. The Balaban J connectivity index is 1.68. The van der Waals surface area contributed by atoms with Crippen LogP contribution in [-0.2, 0) is 4.79 Å². The number of Topliss-reactive ketones (excluding diaryl/α,β-unsaturated/α-hetero) is 1. The molecule has 1 unspecified atom stereocenters. The van der Waals surface area contributed by atoms with Crippen LogP contribution in [0.3, 0.4) is 0 Å². The van der Waals surface area contributed by atoms with Crippen molar-refractivity contribution in [3.63, 3.8) is 0 Å². The first-order valence-corrected chi connectivity index (χ1v) is 11.1. The van der Waals surface area contributed by atoms with Crippen molar-refractivity contribution in [1.29, 1.82) is 0 Å². The zero-order valence-electron chi connectivity index (χ0n) is 17.1. The summed E-state index contributed by atoms with van der Waals surface area (Å²) in [5.41, 5.74) is 0.860. The van der Waals surface area contributed by atoms with Gasteiger partial charge in [-0.3, -0.25) is 14.5 Å². The molecule has 4 aromatic rings. The number of ketones is 1. The van der Waals surface area contributed by atoms with Crippen molar-refractivity contribution in [2.75, 3.05) is 4.90 Å². The molecule has 0 bridgehead atoms. The number of aliphatic hydroxyl groups is 1. The summed E-state index contributed by atoms with van der Waals surface area (Å²) in [6.45, 7) is 0. The Bertz CT molecular complexity index is 1500. The van der Waals surface area contributed by atoms with Crippen molar-refractivity contribution in [3.05, 3.63) is 104 Å². The topological polar surface area (TPSA) is 91.0 Å². The van der Waals surface area contributed by atoms with Gasteiger partial charge in [-0.25, -0.2) is 0 Å². The van der Waals surface area contributed by atoms with Gasteiger partial charge >= 0.3 is 0 Å². The lowest BCUT2D eigenvalue weighted by Gasteiger charge is -2.27. The standard InChI is InChI=1S/C25H14Cl3NO5/c26-14-4-5-19-13(6-14)8-20(34-19)23(31)21-22(12-2-1-3-18(30)7-12)29(25(33)24(21)32)17-10-15(27)9-16(28)11-17/h1-11,22,30,32H. The third kappa shape index (κ3) is 3.80. The Morgan fingerprint density at radius 2 is 1.62 bits per heavy atom. The number of fused-ring (bicyclic) bond motifs is 1. The number of benzene rings is 3. The molecule has 6 nitrogen and oxygen atoms in total. The highest BCUT2D eigenvalue weighted by Crippen LogP contribution is 2.44. The summed E-state index contributed by atoms with van der Waals surface area (Å²) in [5, 5.41) is 22.5. The fourth-order valence-electron chi connectivity index (χ4n) is 4.05. The van der Waals surface area contributed by atoms with Crippen molar-refractivity contribution in [2.45, 2.75) is 6.04 Å². The fourth-order valence-corrected chi connectivity index (χ4v) is 4.75. The van der Waals surface area contributed by atoms with Gasteiger partial charge in [-0.2, -0.15) is 0 Å². The number of phenolic OH excluding ortho intramolecular Hbond substituents is 1. The Kier molecular flexibility index (Phi) is 5.52. The minimum Gasteiger partial charge on any atom is -0.508 e. The molecule has 1 aromatic heterocycles. The molecular formula is C25H14Cl3NO5. The van der Waals surface area contributed by atoms with Crippen LogP contribution >= 0.6 is 34.8 Å². The summed E-state index contributed by atoms with van der Waals surface area (Å²) in [5.74, 6) is -2.42. The largest absolute Gasteiger partial charge is 0.508 e. The first-order chi connectivity index (χ1) is 16.2. The molecule has 2 N–H and O–H groups in total. The zero-order chi connectivity index (χ0) is 24.1. The number of hydrogen-bond acceptors (Lipinski definition) is 5. The van der Waals surface area contributed by atoms with Gasteiger partial charge < -0.3 is 14.6 Å². The first-order valence-electron chi connectivity index (χ1n) is 9.98. The Morgan fingerprint density at radius 3 is 2.32 bits per heavy atom. The summed E-state index contributed by atoms with van der Waals surface area (Å²) < 4.78 is 5.69. The molecule has 0 saturated heterocycles. The van der Waals surface area contributed by atoms with Crippen LogP contribution < -0.4 is 4.90 Å². The summed E-state index contributed by atoms with van der Waals surface area (Å²) in [6.07, 6.45) is 0. The SMILES string of the molecule is O=C(C1=C(O)C(=O)N(c2cc(Cl)cc(Cl)c2)C1c1cccc(O)c1)c1cc2cc(Cl)ccc2o1. The fraction of sp³-hybridized carbons (Fsp3) is 0.0400. The molecule has 1 amide bonds. The van der Waals surface area contributed by atoms with Crippen LogP contribution in [0.2, 0.25) is 15.1 Å². The van der Waals surface area contributed by atoms with Gasteiger partial charge in [0.15, 0.2) is 11.5 Å². The van der Waals surface area contributed by atoms with Crippen LogP contribution in [0.4, 0.5) is 5.69 Å². The van der Waals surface area contributed by atoms with Gasteiger partial charge in [0, 0.05) is 26.1 Å². The summed E-state index contributed by atoms with van der Waals surface area (Å²) in [7, 11) is 0. The molecular weight excluding hydrogens is 501 g/mol. The van der Waals surface area contributed by atoms with Crippen molar-refractivity contribution in [2.24, 2.45) is 0 Å². The molecule has 0 spiro atoms. The maximum absolute atomic E-state index is 13.6.